The molecule has 1 fully saturated rings. The van der Waals surface area contributed by atoms with E-state index in [1.807, 2.05) is 23.1 Å². The molecule has 24 heavy (non-hydrogen) atoms. The maximum absolute atomic E-state index is 12.8. The highest BCUT2D eigenvalue weighted by Gasteiger charge is 2.29. The summed E-state index contributed by atoms with van der Waals surface area (Å²) < 4.78 is 3.80. The maximum atomic E-state index is 12.8. The van der Waals surface area contributed by atoms with Crippen molar-refractivity contribution >= 4 is 16.9 Å². The molecule has 0 aliphatic carbocycles. The van der Waals surface area contributed by atoms with Gasteiger partial charge in [-0.25, -0.2) is 4.98 Å². The van der Waals surface area contributed by atoms with Crippen LogP contribution in [0.15, 0.2) is 36.5 Å². The fourth-order valence-electron chi connectivity index (χ4n) is 3.65. The zero-order chi connectivity index (χ0) is 16.7. The zero-order valence-corrected chi connectivity index (χ0v) is 14.0. The topological polar surface area (TPSA) is 56.0 Å². The molecule has 0 spiro atoms. The third-order valence-corrected chi connectivity index (χ3v) is 4.94. The van der Waals surface area contributed by atoms with Crippen LogP contribution in [0.1, 0.15) is 35.1 Å². The largest absolute Gasteiger partial charge is 0.337 e. The molecule has 6 nitrogen and oxygen atoms in total. The normalized spacial score (nSPS) is 18.2. The number of likely N-dealkylation sites (tertiary alicyclic amines) is 1. The summed E-state index contributed by atoms with van der Waals surface area (Å²) in [7, 11) is 3.87. The minimum Gasteiger partial charge on any atom is -0.337 e. The van der Waals surface area contributed by atoms with Crippen molar-refractivity contribution in [3.05, 3.63) is 48.0 Å². The number of imidazole rings is 1. The van der Waals surface area contributed by atoms with Crippen LogP contribution in [-0.4, -0.2) is 43.2 Å². The molecule has 3 heterocycles. The number of aromatic nitrogens is 4. The second-order valence-electron chi connectivity index (χ2n) is 6.45. The van der Waals surface area contributed by atoms with Crippen LogP contribution in [0.3, 0.4) is 0 Å². The molecule has 0 saturated carbocycles. The number of nitrogens with zero attached hydrogens (tertiary/aromatic N) is 5. The van der Waals surface area contributed by atoms with E-state index < -0.39 is 0 Å². The van der Waals surface area contributed by atoms with Crippen molar-refractivity contribution in [1.82, 2.24) is 24.2 Å². The lowest BCUT2D eigenvalue weighted by molar-refractivity contribution is 0.0692. The second-order valence-corrected chi connectivity index (χ2v) is 6.45. The third-order valence-electron chi connectivity index (χ3n) is 4.94. The van der Waals surface area contributed by atoms with Gasteiger partial charge in [0, 0.05) is 39.3 Å². The van der Waals surface area contributed by atoms with Crippen molar-refractivity contribution in [2.75, 3.05) is 13.1 Å². The molecule has 1 atom stereocenters. The van der Waals surface area contributed by atoms with Crippen LogP contribution in [0, 0.1) is 0 Å². The van der Waals surface area contributed by atoms with Crippen LogP contribution >= 0.6 is 0 Å². The quantitative estimate of drug-likeness (QED) is 0.727. The Labute approximate surface area is 140 Å². The Morgan fingerprint density at radius 1 is 1.21 bits per heavy atom. The standard InChI is InChI=1S/C18H21N5O/c1-21-15-8-4-3-7-14(15)20-17(21)13-6-5-11-23(12-13)18(24)16-9-10-19-22(16)2/h3-4,7-10,13H,5-6,11-12H2,1-2H3. The van der Waals surface area contributed by atoms with E-state index in [0.29, 0.717) is 12.2 Å². The van der Waals surface area contributed by atoms with E-state index in [4.69, 9.17) is 4.98 Å². The maximum Gasteiger partial charge on any atom is 0.272 e. The summed E-state index contributed by atoms with van der Waals surface area (Å²) in [5, 5.41) is 4.11. The number of rotatable bonds is 2. The number of para-hydroxylation sites is 2. The van der Waals surface area contributed by atoms with Gasteiger partial charge < -0.3 is 9.47 Å². The summed E-state index contributed by atoms with van der Waals surface area (Å²) in [4.78, 5) is 19.5. The Morgan fingerprint density at radius 3 is 2.79 bits per heavy atom. The van der Waals surface area contributed by atoms with E-state index in [0.717, 1.165) is 36.2 Å². The molecule has 1 aliphatic heterocycles. The van der Waals surface area contributed by atoms with E-state index in [9.17, 15) is 4.79 Å². The summed E-state index contributed by atoms with van der Waals surface area (Å²) in [6.45, 7) is 1.51. The van der Waals surface area contributed by atoms with E-state index >= 15 is 0 Å². The number of benzene rings is 1. The number of fused-ring (bicyclic) bond motifs is 1. The van der Waals surface area contributed by atoms with E-state index in [1.165, 1.54) is 0 Å². The fraction of sp³-hybridized carbons (Fsp3) is 0.389. The Hall–Kier alpha value is -2.63. The first-order valence-corrected chi connectivity index (χ1v) is 8.34. The molecule has 1 saturated heterocycles. The van der Waals surface area contributed by atoms with Gasteiger partial charge >= 0.3 is 0 Å². The number of carbonyl (C=O) groups is 1. The molecular formula is C18H21N5O. The van der Waals surface area contributed by atoms with Crippen molar-refractivity contribution in [3.63, 3.8) is 0 Å². The Morgan fingerprint density at radius 2 is 2.04 bits per heavy atom. The van der Waals surface area contributed by atoms with E-state index in [2.05, 4.69) is 22.8 Å². The Balaban J connectivity index is 1.61. The SMILES string of the molecule is Cn1nccc1C(=O)N1CCCC(c2nc3ccccc3n2C)C1. The van der Waals surface area contributed by atoms with Gasteiger partial charge in [-0.1, -0.05) is 12.1 Å². The van der Waals surface area contributed by atoms with Crippen LogP contribution in [0.25, 0.3) is 11.0 Å². The molecule has 1 aliphatic rings. The molecule has 4 rings (SSSR count). The van der Waals surface area contributed by atoms with Gasteiger partial charge in [-0.15, -0.1) is 0 Å². The van der Waals surface area contributed by atoms with Crippen LogP contribution in [-0.2, 0) is 14.1 Å². The molecule has 2 aromatic heterocycles. The number of amides is 1. The van der Waals surface area contributed by atoms with Crippen LogP contribution in [0.2, 0.25) is 0 Å². The highest BCUT2D eigenvalue weighted by molar-refractivity contribution is 5.92. The Kier molecular flexibility index (Phi) is 3.59. The summed E-state index contributed by atoms with van der Waals surface area (Å²) >= 11 is 0. The van der Waals surface area contributed by atoms with Gasteiger partial charge in [0.2, 0.25) is 0 Å². The molecule has 6 heteroatoms. The first-order chi connectivity index (χ1) is 11.6. The lowest BCUT2D eigenvalue weighted by Gasteiger charge is -2.32. The van der Waals surface area contributed by atoms with Crippen molar-refractivity contribution < 1.29 is 4.79 Å². The zero-order valence-electron chi connectivity index (χ0n) is 14.0. The number of aryl methyl sites for hydroxylation is 2. The molecule has 0 N–H and O–H groups in total. The molecule has 1 unspecified atom stereocenters. The van der Waals surface area contributed by atoms with Gasteiger partial charge in [-0.3, -0.25) is 9.48 Å². The Bertz CT molecular complexity index is 894. The smallest absolute Gasteiger partial charge is 0.272 e. The highest BCUT2D eigenvalue weighted by atomic mass is 16.2. The average molecular weight is 323 g/mol. The van der Waals surface area contributed by atoms with E-state index in [-0.39, 0.29) is 11.8 Å². The lowest BCUT2D eigenvalue weighted by Crippen LogP contribution is -2.40. The molecular weight excluding hydrogens is 302 g/mol. The molecule has 1 amide bonds. The minimum absolute atomic E-state index is 0.0541. The third kappa shape index (κ3) is 2.38. The second kappa shape index (κ2) is 5.78. The van der Waals surface area contributed by atoms with E-state index in [1.54, 1.807) is 24.0 Å². The molecule has 3 aromatic rings. The van der Waals surface area contributed by atoms with Crippen molar-refractivity contribution in [2.24, 2.45) is 14.1 Å². The first kappa shape index (κ1) is 14.9. The van der Waals surface area contributed by atoms with Gasteiger partial charge in [0.05, 0.1) is 11.0 Å². The number of hydrogen-bond donors (Lipinski definition) is 0. The number of hydrogen-bond acceptors (Lipinski definition) is 3. The summed E-state index contributed by atoms with van der Waals surface area (Å²) in [5.74, 6) is 1.39. The highest BCUT2D eigenvalue weighted by Crippen LogP contribution is 2.29. The summed E-state index contributed by atoms with van der Waals surface area (Å²) in [6, 6.07) is 9.96. The summed E-state index contributed by atoms with van der Waals surface area (Å²) in [6.07, 6.45) is 3.73. The predicted molar refractivity (Wildman–Crippen MR) is 91.8 cm³/mol. The van der Waals surface area contributed by atoms with Gasteiger partial charge in [-0.05, 0) is 31.0 Å². The van der Waals surface area contributed by atoms with Crippen LogP contribution in [0.4, 0.5) is 0 Å². The molecule has 124 valence electrons. The fourth-order valence-corrected chi connectivity index (χ4v) is 3.65. The van der Waals surface area contributed by atoms with Crippen LogP contribution in [0.5, 0.6) is 0 Å². The van der Waals surface area contributed by atoms with Crippen molar-refractivity contribution in [2.45, 2.75) is 18.8 Å². The minimum atomic E-state index is 0.0541. The predicted octanol–water partition coefficient (Wildman–Crippen LogP) is 2.33. The molecule has 0 radical (unpaired) electrons. The number of piperidine rings is 1. The summed E-state index contributed by atoms with van der Waals surface area (Å²) in [5.41, 5.74) is 2.80. The molecule has 1 aromatic carbocycles. The van der Waals surface area contributed by atoms with Crippen molar-refractivity contribution in [1.29, 1.82) is 0 Å². The monoisotopic (exact) mass is 323 g/mol. The van der Waals surface area contributed by atoms with Crippen molar-refractivity contribution in [3.8, 4) is 0 Å². The molecule has 0 bridgehead atoms. The lowest BCUT2D eigenvalue weighted by atomic mass is 9.97. The van der Waals surface area contributed by atoms with Gasteiger partial charge in [-0.2, -0.15) is 5.10 Å². The van der Waals surface area contributed by atoms with Crippen LogP contribution < -0.4 is 0 Å². The average Bonchev–Trinajstić information content (AvgIpc) is 3.18. The van der Waals surface area contributed by atoms with Gasteiger partial charge in [0.25, 0.3) is 5.91 Å². The first-order valence-electron chi connectivity index (χ1n) is 8.34. The van der Waals surface area contributed by atoms with Gasteiger partial charge in [0.1, 0.15) is 11.5 Å². The number of carbonyl (C=O) groups excluding carboxylic acids is 1. The van der Waals surface area contributed by atoms with Gasteiger partial charge in [0.15, 0.2) is 0 Å².